The van der Waals surface area contributed by atoms with Gasteiger partial charge in [0.2, 0.25) is 5.91 Å². The third kappa shape index (κ3) is 5.72. The molecule has 1 N–H and O–H groups in total. The van der Waals surface area contributed by atoms with Crippen LogP contribution in [0.1, 0.15) is 21.5 Å². The van der Waals surface area contributed by atoms with Crippen LogP contribution in [0.15, 0.2) is 91.5 Å². The average Bonchev–Trinajstić information content (AvgIpc) is 2.90. The van der Waals surface area contributed by atoms with Gasteiger partial charge in [-0.3, -0.25) is 9.59 Å². The zero-order valence-corrected chi connectivity index (χ0v) is 18.8. The van der Waals surface area contributed by atoms with Gasteiger partial charge in [0.25, 0.3) is 5.91 Å². The van der Waals surface area contributed by atoms with Gasteiger partial charge in [-0.25, -0.2) is 0 Å². The highest BCUT2D eigenvalue weighted by Crippen LogP contribution is 2.34. The number of hydrogen-bond donors (Lipinski definition) is 1. The summed E-state index contributed by atoms with van der Waals surface area (Å²) in [5.74, 6) is 0.918. The summed E-state index contributed by atoms with van der Waals surface area (Å²) in [5, 5.41) is 2.73. The van der Waals surface area contributed by atoms with E-state index < -0.39 is 0 Å². The largest absolute Gasteiger partial charge is 0.486 e. The summed E-state index contributed by atoms with van der Waals surface area (Å²) >= 11 is 0. The molecule has 6 heteroatoms. The normalized spacial score (nSPS) is 12.2. The lowest BCUT2D eigenvalue weighted by molar-refractivity contribution is -0.116. The van der Waals surface area contributed by atoms with E-state index in [1.54, 1.807) is 17.0 Å². The molecule has 0 atom stereocenters. The highest BCUT2D eigenvalue weighted by atomic mass is 16.6. The topological polar surface area (TPSA) is 67.9 Å². The number of benzene rings is 3. The minimum Gasteiger partial charge on any atom is -0.486 e. The van der Waals surface area contributed by atoms with Crippen molar-refractivity contribution in [3.8, 4) is 11.5 Å². The van der Waals surface area contributed by atoms with Crippen molar-refractivity contribution in [2.45, 2.75) is 6.54 Å². The van der Waals surface area contributed by atoms with Crippen LogP contribution >= 0.6 is 0 Å². The van der Waals surface area contributed by atoms with Crippen molar-refractivity contribution in [2.24, 2.45) is 0 Å². The molecule has 0 spiro atoms. The number of carbonyl (C=O) groups is 2. The summed E-state index contributed by atoms with van der Waals surface area (Å²) in [6.45, 7) is 5.17. The lowest BCUT2D eigenvalue weighted by Gasteiger charge is -2.25. The van der Waals surface area contributed by atoms with Crippen LogP contribution in [0.2, 0.25) is 0 Å². The van der Waals surface area contributed by atoms with E-state index >= 15 is 0 Å². The molecule has 2 amide bonds. The second kappa shape index (κ2) is 11.0. The van der Waals surface area contributed by atoms with Crippen molar-refractivity contribution in [3.05, 3.63) is 108 Å². The monoisotopic (exact) mass is 454 g/mol. The molecular formula is C28H26N2O4. The molecule has 6 nitrogen and oxygen atoms in total. The molecule has 0 radical (unpaired) electrons. The second-order valence-corrected chi connectivity index (χ2v) is 7.68. The SMILES string of the molecule is C=CC(=O)NCc1ccc(C(=O)N(CC=Cc2ccccc2)c2ccc3c(c2)OCCO3)cc1. The van der Waals surface area contributed by atoms with E-state index in [9.17, 15) is 9.59 Å². The Morgan fingerprint density at radius 2 is 1.68 bits per heavy atom. The van der Waals surface area contributed by atoms with Crippen LogP contribution in [-0.2, 0) is 11.3 Å². The molecule has 3 aromatic rings. The van der Waals surface area contributed by atoms with Crippen LogP contribution < -0.4 is 19.7 Å². The van der Waals surface area contributed by atoms with Crippen molar-refractivity contribution >= 4 is 23.6 Å². The summed E-state index contributed by atoms with van der Waals surface area (Å²) in [6.07, 6.45) is 5.18. The molecule has 1 aliphatic heterocycles. The smallest absolute Gasteiger partial charge is 0.258 e. The first-order valence-corrected chi connectivity index (χ1v) is 11.1. The molecule has 0 aliphatic carbocycles. The van der Waals surface area contributed by atoms with Gasteiger partial charge in [0, 0.05) is 30.4 Å². The van der Waals surface area contributed by atoms with Gasteiger partial charge in [-0.1, -0.05) is 61.2 Å². The zero-order valence-electron chi connectivity index (χ0n) is 18.8. The van der Waals surface area contributed by atoms with E-state index in [1.165, 1.54) is 6.08 Å². The van der Waals surface area contributed by atoms with Gasteiger partial charge in [-0.2, -0.15) is 0 Å². The summed E-state index contributed by atoms with van der Waals surface area (Å²) in [6, 6.07) is 22.7. The number of nitrogens with one attached hydrogen (secondary N) is 1. The van der Waals surface area contributed by atoms with Crippen LogP contribution in [-0.4, -0.2) is 31.6 Å². The van der Waals surface area contributed by atoms with Crippen molar-refractivity contribution < 1.29 is 19.1 Å². The van der Waals surface area contributed by atoms with E-state index in [-0.39, 0.29) is 11.8 Å². The Kier molecular flexibility index (Phi) is 7.40. The first-order valence-electron chi connectivity index (χ1n) is 11.1. The Hall–Kier alpha value is -4.32. The summed E-state index contributed by atoms with van der Waals surface area (Å²) in [5.41, 5.74) is 3.21. The van der Waals surface area contributed by atoms with Crippen LogP contribution in [0.25, 0.3) is 6.08 Å². The Morgan fingerprint density at radius 1 is 0.941 bits per heavy atom. The Balaban J connectivity index is 1.56. The average molecular weight is 455 g/mol. The summed E-state index contributed by atoms with van der Waals surface area (Å²) in [7, 11) is 0. The fourth-order valence-corrected chi connectivity index (χ4v) is 3.55. The van der Waals surface area contributed by atoms with Crippen LogP contribution in [0.3, 0.4) is 0 Å². The standard InChI is InChI=1S/C28H26N2O4/c1-2-27(31)29-20-22-10-12-23(13-11-22)28(32)30(16-6-9-21-7-4-3-5-8-21)24-14-15-25-26(19-24)34-18-17-33-25/h2-15,19H,1,16-18,20H2,(H,29,31). The molecule has 0 saturated heterocycles. The first-order chi connectivity index (χ1) is 16.6. The van der Waals surface area contributed by atoms with E-state index in [1.807, 2.05) is 72.8 Å². The molecule has 0 saturated carbocycles. The summed E-state index contributed by atoms with van der Waals surface area (Å²) < 4.78 is 11.3. The fraction of sp³-hybridized carbons (Fsp3) is 0.143. The number of hydrogen-bond acceptors (Lipinski definition) is 4. The zero-order chi connectivity index (χ0) is 23.8. The van der Waals surface area contributed by atoms with Gasteiger partial charge in [0.15, 0.2) is 11.5 Å². The van der Waals surface area contributed by atoms with Crippen LogP contribution in [0.4, 0.5) is 5.69 Å². The number of anilines is 1. The summed E-state index contributed by atoms with van der Waals surface area (Å²) in [4.78, 5) is 26.6. The molecule has 0 unspecified atom stereocenters. The minimum atomic E-state index is -0.241. The Morgan fingerprint density at radius 3 is 2.41 bits per heavy atom. The van der Waals surface area contributed by atoms with Gasteiger partial charge in [-0.15, -0.1) is 0 Å². The van der Waals surface area contributed by atoms with E-state index in [0.717, 1.165) is 11.1 Å². The minimum absolute atomic E-state index is 0.143. The third-order valence-electron chi connectivity index (χ3n) is 5.33. The molecule has 0 bridgehead atoms. The number of fused-ring (bicyclic) bond motifs is 1. The molecule has 3 aromatic carbocycles. The molecule has 4 rings (SSSR count). The van der Waals surface area contributed by atoms with Crippen molar-refractivity contribution in [1.29, 1.82) is 0 Å². The highest BCUT2D eigenvalue weighted by Gasteiger charge is 2.20. The lowest BCUT2D eigenvalue weighted by atomic mass is 10.1. The molecular weight excluding hydrogens is 428 g/mol. The molecule has 1 heterocycles. The maximum atomic E-state index is 13.5. The van der Waals surface area contributed by atoms with E-state index in [0.29, 0.717) is 49.1 Å². The third-order valence-corrected chi connectivity index (χ3v) is 5.33. The second-order valence-electron chi connectivity index (χ2n) is 7.68. The van der Waals surface area contributed by atoms with Crippen LogP contribution in [0.5, 0.6) is 11.5 Å². The van der Waals surface area contributed by atoms with E-state index in [2.05, 4.69) is 11.9 Å². The van der Waals surface area contributed by atoms with Crippen LogP contribution in [0, 0.1) is 0 Å². The Bertz CT molecular complexity index is 1190. The van der Waals surface area contributed by atoms with Crippen molar-refractivity contribution in [1.82, 2.24) is 5.32 Å². The Labute approximate surface area is 199 Å². The predicted octanol–water partition coefficient (Wildman–Crippen LogP) is 4.62. The molecule has 0 fully saturated rings. The van der Waals surface area contributed by atoms with Gasteiger partial charge < -0.3 is 19.7 Å². The van der Waals surface area contributed by atoms with Crippen molar-refractivity contribution in [3.63, 3.8) is 0 Å². The quantitative estimate of drug-likeness (QED) is 0.505. The predicted molar refractivity (Wildman–Crippen MR) is 133 cm³/mol. The maximum Gasteiger partial charge on any atom is 0.258 e. The number of rotatable bonds is 8. The van der Waals surface area contributed by atoms with Gasteiger partial charge >= 0.3 is 0 Å². The van der Waals surface area contributed by atoms with E-state index in [4.69, 9.17) is 9.47 Å². The molecule has 172 valence electrons. The number of ether oxygens (including phenoxy) is 2. The molecule has 34 heavy (non-hydrogen) atoms. The van der Waals surface area contributed by atoms with Gasteiger partial charge in [0.05, 0.1) is 0 Å². The highest BCUT2D eigenvalue weighted by molar-refractivity contribution is 6.06. The first kappa shape index (κ1) is 22.9. The molecule has 0 aromatic heterocycles. The molecule has 1 aliphatic rings. The fourth-order valence-electron chi connectivity index (χ4n) is 3.55. The number of carbonyl (C=O) groups excluding carboxylic acids is 2. The van der Waals surface area contributed by atoms with Crippen molar-refractivity contribution in [2.75, 3.05) is 24.7 Å². The maximum absolute atomic E-state index is 13.5. The van der Waals surface area contributed by atoms with Gasteiger partial charge in [-0.05, 0) is 41.5 Å². The lowest BCUT2D eigenvalue weighted by Crippen LogP contribution is -2.31. The number of amides is 2. The van der Waals surface area contributed by atoms with Gasteiger partial charge in [0.1, 0.15) is 13.2 Å². The number of nitrogens with zero attached hydrogens (tertiary/aromatic N) is 1.